The minimum atomic E-state index is -0.467. The Morgan fingerprint density at radius 3 is 2.46 bits per heavy atom. The van der Waals surface area contributed by atoms with Crippen LogP contribution >= 0.6 is 11.3 Å². The van der Waals surface area contributed by atoms with Gasteiger partial charge in [0.25, 0.3) is 5.91 Å². The topological polar surface area (TPSA) is 37.4 Å². The van der Waals surface area contributed by atoms with E-state index in [4.69, 9.17) is 0 Å². The van der Waals surface area contributed by atoms with Crippen LogP contribution in [0.15, 0.2) is 11.4 Å². The summed E-state index contributed by atoms with van der Waals surface area (Å²) in [5, 5.41) is 2.73. The smallest absolute Gasteiger partial charge is 0.294 e. The number of rotatable bonds is 2. The Morgan fingerprint density at radius 2 is 2.08 bits per heavy atom. The van der Waals surface area contributed by atoms with E-state index in [9.17, 15) is 9.59 Å². The van der Waals surface area contributed by atoms with Crippen molar-refractivity contribution in [2.75, 3.05) is 11.9 Å². The van der Waals surface area contributed by atoms with E-state index >= 15 is 0 Å². The molecule has 0 unspecified atom stereocenters. The van der Waals surface area contributed by atoms with Gasteiger partial charge < -0.3 is 4.90 Å². The molecule has 0 fully saturated rings. The summed E-state index contributed by atoms with van der Waals surface area (Å²) in [6, 6.07) is 1.92. The lowest BCUT2D eigenvalue weighted by Gasteiger charge is -2.13. The summed E-state index contributed by atoms with van der Waals surface area (Å²) in [5.41, 5.74) is 1.02. The maximum Gasteiger partial charge on any atom is 0.294 e. The Balaban J connectivity index is 2.91. The van der Waals surface area contributed by atoms with Crippen molar-refractivity contribution in [1.82, 2.24) is 0 Å². The van der Waals surface area contributed by atoms with Crippen LogP contribution in [0.2, 0.25) is 0 Å². The highest BCUT2D eigenvalue weighted by molar-refractivity contribution is 7.14. The van der Waals surface area contributed by atoms with Crippen LogP contribution in [0.25, 0.3) is 0 Å². The van der Waals surface area contributed by atoms with Gasteiger partial charge in [-0.15, -0.1) is 11.3 Å². The van der Waals surface area contributed by atoms with Gasteiger partial charge in [-0.2, -0.15) is 0 Å². The van der Waals surface area contributed by atoms with Gasteiger partial charge in [0.15, 0.2) is 0 Å². The van der Waals surface area contributed by atoms with Crippen LogP contribution in [0.3, 0.4) is 0 Å². The summed E-state index contributed by atoms with van der Waals surface area (Å²) in [6.45, 7) is 3.19. The van der Waals surface area contributed by atoms with Crippen LogP contribution in [-0.2, 0) is 9.59 Å². The first-order valence-electron chi connectivity index (χ1n) is 3.86. The van der Waals surface area contributed by atoms with E-state index in [1.165, 1.54) is 23.2 Å². The number of hydrogen-bond donors (Lipinski definition) is 0. The van der Waals surface area contributed by atoms with E-state index in [-0.39, 0.29) is 0 Å². The number of carbonyl (C=O) groups is 2. The molecule has 4 heteroatoms. The molecule has 70 valence electrons. The summed E-state index contributed by atoms with van der Waals surface area (Å²) in [4.78, 5) is 23.5. The molecule has 1 amide bonds. The summed E-state index contributed by atoms with van der Waals surface area (Å²) in [7, 11) is 1.61. The standard InChI is InChI=1S/C9H11NO2S/c1-6-4-5-13-9(6)10(3)8(12)7(2)11/h4-5H,1-3H3. The number of ketones is 1. The zero-order chi connectivity index (χ0) is 10.0. The molecule has 0 atom stereocenters. The Kier molecular flexibility index (Phi) is 2.83. The van der Waals surface area contributed by atoms with Gasteiger partial charge in [0.2, 0.25) is 5.78 Å². The van der Waals surface area contributed by atoms with Crippen LogP contribution in [0, 0.1) is 6.92 Å². The maximum atomic E-state index is 11.3. The minimum absolute atomic E-state index is 0.435. The summed E-state index contributed by atoms with van der Waals surface area (Å²) in [5.74, 6) is -0.902. The first-order valence-corrected chi connectivity index (χ1v) is 4.74. The van der Waals surface area contributed by atoms with Gasteiger partial charge in [0, 0.05) is 14.0 Å². The van der Waals surface area contributed by atoms with Crippen molar-refractivity contribution in [2.45, 2.75) is 13.8 Å². The highest BCUT2D eigenvalue weighted by Gasteiger charge is 2.17. The fraction of sp³-hybridized carbons (Fsp3) is 0.333. The molecule has 0 radical (unpaired) electrons. The Morgan fingerprint density at radius 1 is 1.46 bits per heavy atom. The highest BCUT2D eigenvalue weighted by atomic mass is 32.1. The number of hydrogen-bond acceptors (Lipinski definition) is 3. The molecule has 0 aliphatic rings. The molecular weight excluding hydrogens is 186 g/mol. The molecular formula is C9H11NO2S. The van der Waals surface area contributed by atoms with Crippen molar-refractivity contribution >= 4 is 28.0 Å². The molecule has 3 nitrogen and oxygen atoms in total. The van der Waals surface area contributed by atoms with Crippen molar-refractivity contribution in [3.8, 4) is 0 Å². The van der Waals surface area contributed by atoms with E-state index < -0.39 is 11.7 Å². The molecule has 1 rings (SSSR count). The third-order valence-electron chi connectivity index (χ3n) is 1.75. The molecule has 0 bridgehead atoms. The van der Waals surface area contributed by atoms with Crippen molar-refractivity contribution in [3.63, 3.8) is 0 Å². The third-order valence-corrected chi connectivity index (χ3v) is 2.84. The Labute approximate surface area is 81.0 Å². The first-order chi connectivity index (χ1) is 6.04. The van der Waals surface area contributed by atoms with E-state index in [2.05, 4.69) is 0 Å². The quantitative estimate of drug-likeness (QED) is 0.675. The predicted molar refractivity (Wildman–Crippen MR) is 53.1 cm³/mol. The molecule has 0 aliphatic heterocycles. The fourth-order valence-corrected chi connectivity index (χ4v) is 1.93. The number of carbonyl (C=O) groups excluding carboxylic acids is 2. The van der Waals surface area contributed by atoms with E-state index in [0.717, 1.165) is 10.6 Å². The van der Waals surface area contributed by atoms with E-state index in [1.54, 1.807) is 7.05 Å². The number of nitrogens with zero attached hydrogens (tertiary/aromatic N) is 1. The Bertz CT molecular complexity index is 343. The molecule has 1 aromatic heterocycles. The zero-order valence-corrected chi connectivity index (χ0v) is 8.64. The highest BCUT2D eigenvalue weighted by Crippen LogP contribution is 2.25. The molecule has 0 spiro atoms. The van der Waals surface area contributed by atoms with Crippen molar-refractivity contribution in [1.29, 1.82) is 0 Å². The van der Waals surface area contributed by atoms with Crippen LogP contribution in [0.1, 0.15) is 12.5 Å². The number of anilines is 1. The van der Waals surface area contributed by atoms with Crippen molar-refractivity contribution in [3.05, 3.63) is 17.0 Å². The number of Topliss-reactive ketones (excluding diaryl/α,β-unsaturated/α-hetero) is 1. The molecule has 13 heavy (non-hydrogen) atoms. The number of likely N-dealkylation sites (N-methyl/N-ethyl adjacent to an activating group) is 1. The second-order valence-electron chi connectivity index (χ2n) is 2.83. The zero-order valence-electron chi connectivity index (χ0n) is 7.83. The predicted octanol–water partition coefficient (Wildman–Crippen LogP) is 1.61. The molecule has 1 heterocycles. The van der Waals surface area contributed by atoms with Gasteiger partial charge in [-0.05, 0) is 23.9 Å². The molecule has 0 aliphatic carbocycles. The molecule has 1 aromatic rings. The lowest BCUT2D eigenvalue weighted by atomic mass is 10.3. The second kappa shape index (κ2) is 3.70. The number of amides is 1. The van der Waals surface area contributed by atoms with Crippen LogP contribution in [0.5, 0.6) is 0 Å². The van der Waals surface area contributed by atoms with Gasteiger partial charge in [0.1, 0.15) is 5.00 Å². The largest absolute Gasteiger partial charge is 0.300 e. The van der Waals surface area contributed by atoms with Crippen LogP contribution < -0.4 is 4.90 Å². The lowest BCUT2D eigenvalue weighted by molar-refractivity contribution is -0.134. The van der Waals surface area contributed by atoms with Crippen LogP contribution in [-0.4, -0.2) is 18.7 Å². The fourth-order valence-electron chi connectivity index (χ4n) is 1.04. The molecule has 0 saturated heterocycles. The second-order valence-corrected chi connectivity index (χ2v) is 3.72. The Hall–Kier alpha value is -1.16. The van der Waals surface area contributed by atoms with Crippen LogP contribution in [0.4, 0.5) is 5.00 Å². The van der Waals surface area contributed by atoms with Gasteiger partial charge in [-0.1, -0.05) is 0 Å². The normalized spacial score (nSPS) is 9.77. The minimum Gasteiger partial charge on any atom is -0.300 e. The van der Waals surface area contributed by atoms with Gasteiger partial charge >= 0.3 is 0 Å². The molecule has 0 aromatic carbocycles. The average molecular weight is 197 g/mol. The molecule has 0 saturated carbocycles. The number of thiophene rings is 1. The number of aryl methyl sites for hydroxylation is 1. The summed E-state index contributed by atoms with van der Waals surface area (Å²) < 4.78 is 0. The monoisotopic (exact) mass is 197 g/mol. The SMILES string of the molecule is CC(=O)C(=O)N(C)c1sccc1C. The molecule has 0 N–H and O–H groups in total. The van der Waals surface area contributed by atoms with Gasteiger partial charge in [-0.25, -0.2) is 0 Å². The van der Waals surface area contributed by atoms with E-state index in [1.807, 2.05) is 18.4 Å². The summed E-state index contributed by atoms with van der Waals surface area (Å²) in [6.07, 6.45) is 0. The van der Waals surface area contributed by atoms with Crippen molar-refractivity contribution < 1.29 is 9.59 Å². The summed E-state index contributed by atoms with van der Waals surface area (Å²) >= 11 is 1.46. The lowest BCUT2D eigenvalue weighted by Crippen LogP contribution is -2.31. The third kappa shape index (κ3) is 1.95. The maximum absolute atomic E-state index is 11.3. The average Bonchev–Trinajstić information content (AvgIpc) is 2.48. The van der Waals surface area contributed by atoms with Crippen molar-refractivity contribution in [2.24, 2.45) is 0 Å². The van der Waals surface area contributed by atoms with E-state index in [0.29, 0.717) is 0 Å². The first kappa shape index (κ1) is 9.92. The van der Waals surface area contributed by atoms with Gasteiger partial charge in [-0.3, -0.25) is 9.59 Å². The van der Waals surface area contributed by atoms with Gasteiger partial charge in [0.05, 0.1) is 0 Å².